The van der Waals surface area contributed by atoms with E-state index in [-0.39, 0.29) is 5.56 Å². The van der Waals surface area contributed by atoms with Crippen LogP contribution in [0.3, 0.4) is 0 Å². The van der Waals surface area contributed by atoms with Gasteiger partial charge in [0, 0.05) is 21.4 Å². The summed E-state index contributed by atoms with van der Waals surface area (Å²) in [6.07, 6.45) is 1.25. The summed E-state index contributed by atoms with van der Waals surface area (Å²) in [5, 5.41) is 9.39. The number of carbonyl (C=O) groups is 1. The third kappa shape index (κ3) is 2.55. The Hall–Kier alpha value is -2.53. The zero-order valence-electron chi connectivity index (χ0n) is 10.9. The van der Waals surface area contributed by atoms with Crippen LogP contribution in [0.5, 0.6) is 0 Å². The van der Waals surface area contributed by atoms with Gasteiger partial charge in [-0.3, -0.25) is 4.79 Å². The van der Waals surface area contributed by atoms with E-state index in [2.05, 4.69) is 4.98 Å². The SMILES string of the molecule is O=C(O)c1c[nH]c2c(Sc3ccccc3)cccc2c1=O. The average molecular weight is 297 g/mol. The molecule has 0 aliphatic carbocycles. The molecule has 3 aromatic rings. The number of para-hydroxylation sites is 1. The monoisotopic (exact) mass is 297 g/mol. The minimum absolute atomic E-state index is 0.246. The Morgan fingerprint density at radius 1 is 1.05 bits per heavy atom. The topological polar surface area (TPSA) is 70.2 Å². The normalized spacial score (nSPS) is 10.7. The highest BCUT2D eigenvalue weighted by Crippen LogP contribution is 2.31. The number of hydrogen-bond acceptors (Lipinski definition) is 3. The zero-order chi connectivity index (χ0) is 14.8. The summed E-state index contributed by atoms with van der Waals surface area (Å²) in [5.41, 5.74) is -0.0579. The molecule has 0 aliphatic heterocycles. The fourth-order valence-corrected chi connectivity index (χ4v) is 3.05. The Balaban J connectivity index is 2.15. The van der Waals surface area contributed by atoms with E-state index in [1.807, 2.05) is 36.4 Å². The van der Waals surface area contributed by atoms with E-state index in [9.17, 15) is 9.59 Å². The first-order valence-electron chi connectivity index (χ1n) is 6.27. The summed E-state index contributed by atoms with van der Waals surface area (Å²) in [5.74, 6) is -1.22. The van der Waals surface area contributed by atoms with Gasteiger partial charge < -0.3 is 10.1 Å². The molecule has 0 bridgehead atoms. The van der Waals surface area contributed by atoms with Gasteiger partial charge in [-0.05, 0) is 24.3 Å². The number of aromatic nitrogens is 1. The molecule has 0 fully saturated rings. The summed E-state index contributed by atoms with van der Waals surface area (Å²) >= 11 is 1.52. The van der Waals surface area contributed by atoms with Crippen molar-refractivity contribution in [3.05, 3.63) is 70.5 Å². The van der Waals surface area contributed by atoms with Gasteiger partial charge in [0.15, 0.2) is 0 Å². The van der Waals surface area contributed by atoms with Gasteiger partial charge in [-0.1, -0.05) is 36.0 Å². The van der Waals surface area contributed by atoms with E-state index >= 15 is 0 Å². The largest absolute Gasteiger partial charge is 0.477 e. The Labute approximate surface area is 124 Å². The molecule has 0 saturated carbocycles. The van der Waals surface area contributed by atoms with Crippen molar-refractivity contribution in [3.63, 3.8) is 0 Å². The maximum atomic E-state index is 12.2. The van der Waals surface area contributed by atoms with Crippen LogP contribution >= 0.6 is 11.8 Å². The first-order valence-corrected chi connectivity index (χ1v) is 7.09. The van der Waals surface area contributed by atoms with Crippen molar-refractivity contribution < 1.29 is 9.90 Å². The van der Waals surface area contributed by atoms with E-state index in [0.717, 1.165) is 9.79 Å². The van der Waals surface area contributed by atoms with E-state index in [4.69, 9.17) is 5.11 Å². The second kappa shape index (κ2) is 5.46. The van der Waals surface area contributed by atoms with E-state index in [1.54, 1.807) is 12.1 Å². The van der Waals surface area contributed by atoms with Gasteiger partial charge in [-0.2, -0.15) is 0 Å². The predicted octanol–water partition coefficient (Wildman–Crippen LogP) is 3.38. The Morgan fingerprint density at radius 2 is 1.81 bits per heavy atom. The molecular formula is C16H11NO3S. The van der Waals surface area contributed by atoms with E-state index < -0.39 is 11.4 Å². The van der Waals surface area contributed by atoms with Crippen LogP contribution in [0.1, 0.15) is 10.4 Å². The highest BCUT2D eigenvalue weighted by Gasteiger charge is 2.13. The summed E-state index contributed by atoms with van der Waals surface area (Å²) in [4.78, 5) is 28.0. The summed E-state index contributed by atoms with van der Waals surface area (Å²) < 4.78 is 0. The maximum Gasteiger partial charge on any atom is 0.341 e. The Morgan fingerprint density at radius 3 is 2.52 bits per heavy atom. The van der Waals surface area contributed by atoms with Crippen molar-refractivity contribution in [2.24, 2.45) is 0 Å². The molecule has 0 atom stereocenters. The Kier molecular flexibility index (Phi) is 3.50. The molecule has 0 spiro atoms. The van der Waals surface area contributed by atoms with Crippen LogP contribution in [-0.2, 0) is 0 Å². The number of nitrogens with one attached hydrogen (secondary N) is 1. The second-order valence-electron chi connectivity index (χ2n) is 4.43. The standard InChI is InChI=1S/C16H11NO3S/c18-15-11-7-4-8-13(21-10-5-2-1-3-6-10)14(11)17-9-12(15)16(19)20/h1-9H,(H,17,18)(H,19,20). The molecule has 104 valence electrons. The summed E-state index contributed by atoms with van der Waals surface area (Å²) in [6, 6.07) is 15.1. The van der Waals surface area contributed by atoms with Crippen LogP contribution < -0.4 is 5.43 Å². The first-order chi connectivity index (χ1) is 10.2. The quantitative estimate of drug-likeness (QED) is 0.777. The lowest BCUT2D eigenvalue weighted by Crippen LogP contribution is -2.15. The molecule has 0 aliphatic rings. The molecule has 0 amide bonds. The first kappa shape index (κ1) is 13.5. The predicted molar refractivity (Wildman–Crippen MR) is 82.1 cm³/mol. The van der Waals surface area contributed by atoms with Crippen molar-refractivity contribution >= 4 is 28.6 Å². The molecule has 5 heteroatoms. The number of pyridine rings is 1. The summed E-state index contributed by atoms with van der Waals surface area (Å²) in [7, 11) is 0. The van der Waals surface area contributed by atoms with Crippen molar-refractivity contribution in [3.8, 4) is 0 Å². The molecule has 2 N–H and O–H groups in total. The molecule has 1 heterocycles. The molecule has 0 saturated heterocycles. The summed E-state index contributed by atoms with van der Waals surface area (Å²) in [6.45, 7) is 0. The third-order valence-corrected chi connectivity index (χ3v) is 4.15. The number of H-pyrrole nitrogens is 1. The highest BCUT2D eigenvalue weighted by molar-refractivity contribution is 7.99. The molecular weight excluding hydrogens is 286 g/mol. The van der Waals surface area contributed by atoms with Gasteiger partial charge in [-0.15, -0.1) is 0 Å². The number of hydrogen-bond donors (Lipinski definition) is 2. The fourth-order valence-electron chi connectivity index (χ4n) is 2.08. The van der Waals surface area contributed by atoms with Crippen LogP contribution in [0.25, 0.3) is 10.9 Å². The lowest BCUT2D eigenvalue weighted by Gasteiger charge is -2.06. The van der Waals surface area contributed by atoms with Gasteiger partial charge in [-0.25, -0.2) is 4.79 Å². The smallest absolute Gasteiger partial charge is 0.341 e. The number of carboxylic acids is 1. The van der Waals surface area contributed by atoms with Gasteiger partial charge in [0.2, 0.25) is 5.43 Å². The second-order valence-corrected chi connectivity index (χ2v) is 5.55. The number of aromatic carboxylic acids is 1. The lowest BCUT2D eigenvalue weighted by molar-refractivity contribution is 0.0695. The van der Waals surface area contributed by atoms with Crippen LogP contribution in [0.4, 0.5) is 0 Å². The van der Waals surface area contributed by atoms with Crippen molar-refractivity contribution in [1.29, 1.82) is 0 Å². The molecule has 21 heavy (non-hydrogen) atoms. The number of carboxylic acid groups (broad SMARTS) is 1. The van der Waals surface area contributed by atoms with Gasteiger partial charge in [0.05, 0.1) is 5.52 Å². The Bertz CT molecular complexity index is 872. The number of rotatable bonds is 3. The third-order valence-electron chi connectivity index (χ3n) is 3.08. The van der Waals surface area contributed by atoms with Gasteiger partial charge in [0.1, 0.15) is 5.56 Å². The van der Waals surface area contributed by atoms with E-state index in [0.29, 0.717) is 10.9 Å². The molecule has 3 rings (SSSR count). The van der Waals surface area contributed by atoms with Gasteiger partial charge >= 0.3 is 5.97 Å². The number of fused-ring (bicyclic) bond motifs is 1. The van der Waals surface area contributed by atoms with E-state index in [1.165, 1.54) is 18.0 Å². The van der Waals surface area contributed by atoms with Crippen LogP contribution in [0.2, 0.25) is 0 Å². The molecule has 0 unspecified atom stereocenters. The van der Waals surface area contributed by atoms with Gasteiger partial charge in [0.25, 0.3) is 0 Å². The molecule has 1 aromatic heterocycles. The highest BCUT2D eigenvalue weighted by atomic mass is 32.2. The minimum atomic E-state index is -1.22. The van der Waals surface area contributed by atoms with Crippen LogP contribution in [0.15, 0.2) is 69.3 Å². The van der Waals surface area contributed by atoms with Crippen LogP contribution in [0, 0.1) is 0 Å². The van der Waals surface area contributed by atoms with Crippen LogP contribution in [-0.4, -0.2) is 16.1 Å². The van der Waals surface area contributed by atoms with Crippen molar-refractivity contribution in [2.75, 3.05) is 0 Å². The number of benzene rings is 2. The fraction of sp³-hybridized carbons (Fsp3) is 0. The lowest BCUT2D eigenvalue weighted by atomic mass is 10.1. The molecule has 0 radical (unpaired) electrons. The van der Waals surface area contributed by atoms with Crippen molar-refractivity contribution in [1.82, 2.24) is 4.98 Å². The minimum Gasteiger partial charge on any atom is -0.477 e. The zero-order valence-corrected chi connectivity index (χ0v) is 11.7. The number of aromatic amines is 1. The maximum absolute atomic E-state index is 12.2. The van der Waals surface area contributed by atoms with Crippen molar-refractivity contribution in [2.45, 2.75) is 9.79 Å². The molecule has 2 aromatic carbocycles. The molecule has 4 nitrogen and oxygen atoms in total. The average Bonchev–Trinajstić information content (AvgIpc) is 2.49.